The van der Waals surface area contributed by atoms with Crippen molar-refractivity contribution in [2.75, 3.05) is 11.4 Å². The molecular formula is C9H10F2N2. The minimum absolute atomic E-state index is 0.0542. The summed E-state index contributed by atoms with van der Waals surface area (Å²) in [6.45, 7) is 2.23. The third-order valence-electron chi connectivity index (χ3n) is 2.33. The number of nitrogens with zero attached hydrogens (tertiary/aromatic N) is 2. The normalized spacial score (nSPS) is 19.8. The van der Waals surface area contributed by atoms with Crippen molar-refractivity contribution in [1.29, 1.82) is 0 Å². The van der Waals surface area contributed by atoms with Crippen molar-refractivity contribution < 1.29 is 8.78 Å². The van der Waals surface area contributed by atoms with Crippen LogP contribution in [0.2, 0.25) is 0 Å². The van der Waals surface area contributed by atoms with Crippen molar-refractivity contribution in [3.8, 4) is 0 Å². The summed E-state index contributed by atoms with van der Waals surface area (Å²) in [5.41, 5.74) is 1.38. The summed E-state index contributed by atoms with van der Waals surface area (Å²) in [6, 6.07) is -0.933. The summed E-state index contributed by atoms with van der Waals surface area (Å²) in [7, 11) is 0. The van der Waals surface area contributed by atoms with Crippen molar-refractivity contribution in [3.63, 3.8) is 0 Å². The lowest BCUT2D eigenvalue weighted by Gasteiger charge is -2.42. The van der Waals surface area contributed by atoms with Crippen LogP contribution in [0.3, 0.4) is 0 Å². The molecule has 2 nitrogen and oxygen atoms in total. The molecule has 1 aromatic rings. The minimum Gasteiger partial charge on any atom is -0.311 e. The highest BCUT2D eigenvalue weighted by Gasteiger charge is 2.46. The van der Waals surface area contributed by atoms with Crippen LogP contribution in [-0.4, -0.2) is 17.6 Å². The molecule has 2 heterocycles. The molecule has 1 fully saturated rings. The molecule has 0 N–H and O–H groups in total. The van der Waals surface area contributed by atoms with E-state index in [-0.39, 0.29) is 6.42 Å². The monoisotopic (exact) mass is 184 g/mol. The zero-order chi connectivity index (χ0) is 9.47. The molecule has 0 aromatic carbocycles. The van der Waals surface area contributed by atoms with Gasteiger partial charge in [0.15, 0.2) is 0 Å². The van der Waals surface area contributed by atoms with Crippen LogP contribution in [0.1, 0.15) is 12.0 Å². The lowest BCUT2D eigenvalue weighted by molar-refractivity contribution is -0.0549. The zero-order valence-electron chi connectivity index (χ0n) is 7.30. The summed E-state index contributed by atoms with van der Waals surface area (Å²) in [5.74, 6) is 0. The number of anilines is 1. The Balaban J connectivity index is 2.32. The predicted octanol–water partition coefficient (Wildman–Crippen LogP) is 2.19. The first-order valence-corrected chi connectivity index (χ1v) is 4.17. The van der Waals surface area contributed by atoms with Gasteiger partial charge in [-0.15, -0.1) is 0 Å². The van der Waals surface area contributed by atoms with Gasteiger partial charge in [0.2, 0.25) is 0 Å². The molecule has 0 amide bonds. The fraction of sp³-hybridized carbons (Fsp3) is 0.444. The maximum absolute atomic E-state index is 13.0. The van der Waals surface area contributed by atoms with Gasteiger partial charge in [-0.25, -0.2) is 0 Å². The molecule has 1 saturated heterocycles. The fourth-order valence-electron chi connectivity index (χ4n) is 1.43. The van der Waals surface area contributed by atoms with Crippen molar-refractivity contribution in [2.24, 2.45) is 0 Å². The maximum atomic E-state index is 13.0. The Morgan fingerprint density at radius 3 is 2.77 bits per heavy atom. The number of hydrogen-bond donors (Lipinski definition) is 0. The Morgan fingerprint density at radius 1 is 1.54 bits per heavy atom. The number of halogens is 2. The second-order valence-electron chi connectivity index (χ2n) is 3.23. The van der Waals surface area contributed by atoms with Crippen molar-refractivity contribution in [2.45, 2.75) is 19.4 Å². The van der Waals surface area contributed by atoms with E-state index in [1.807, 2.05) is 6.92 Å². The van der Waals surface area contributed by atoms with E-state index in [2.05, 4.69) is 4.98 Å². The lowest BCUT2D eigenvalue weighted by Crippen LogP contribution is -2.54. The number of hydrogen-bond acceptors (Lipinski definition) is 2. The van der Waals surface area contributed by atoms with E-state index in [1.165, 1.54) is 6.20 Å². The SMILES string of the molecule is Cc1ccncc1N1CCC1(F)F. The van der Waals surface area contributed by atoms with Crippen LogP contribution in [0.25, 0.3) is 0 Å². The number of rotatable bonds is 1. The van der Waals surface area contributed by atoms with Gasteiger partial charge >= 0.3 is 6.05 Å². The average molecular weight is 184 g/mol. The summed E-state index contributed by atoms with van der Waals surface area (Å²) in [4.78, 5) is 4.93. The molecule has 70 valence electrons. The van der Waals surface area contributed by atoms with Crippen LogP contribution < -0.4 is 4.90 Å². The van der Waals surface area contributed by atoms with E-state index >= 15 is 0 Å². The van der Waals surface area contributed by atoms with E-state index in [4.69, 9.17) is 0 Å². The lowest BCUT2D eigenvalue weighted by atomic mass is 10.1. The first kappa shape index (κ1) is 8.41. The van der Waals surface area contributed by atoms with Crippen LogP contribution >= 0.6 is 0 Å². The van der Waals surface area contributed by atoms with E-state index in [9.17, 15) is 8.78 Å². The Hall–Kier alpha value is -1.19. The highest BCUT2D eigenvalue weighted by atomic mass is 19.3. The van der Waals surface area contributed by atoms with Crippen LogP contribution in [0.5, 0.6) is 0 Å². The Labute approximate surface area is 75.2 Å². The molecule has 0 bridgehead atoms. The fourth-order valence-corrected chi connectivity index (χ4v) is 1.43. The summed E-state index contributed by atoms with van der Waals surface area (Å²) in [6.07, 6.45) is 3.04. The average Bonchev–Trinajstić information content (AvgIpc) is 2.07. The smallest absolute Gasteiger partial charge is 0.311 e. The zero-order valence-corrected chi connectivity index (χ0v) is 7.30. The maximum Gasteiger partial charge on any atom is 0.327 e. The molecule has 0 radical (unpaired) electrons. The first-order chi connectivity index (χ1) is 6.11. The van der Waals surface area contributed by atoms with E-state index in [1.54, 1.807) is 12.3 Å². The molecule has 13 heavy (non-hydrogen) atoms. The number of alkyl halides is 2. The van der Waals surface area contributed by atoms with Gasteiger partial charge in [0, 0.05) is 19.2 Å². The first-order valence-electron chi connectivity index (χ1n) is 4.17. The molecule has 1 aliphatic rings. The minimum atomic E-state index is -2.67. The standard InChI is InChI=1S/C9H10F2N2/c1-7-2-4-12-6-8(7)13-5-3-9(13,10)11/h2,4,6H,3,5H2,1H3. The Kier molecular flexibility index (Phi) is 1.71. The molecule has 0 spiro atoms. The predicted molar refractivity (Wildman–Crippen MR) is 45.9 cm³/mol. The van der Waals surface area contributed by atoms with Gasteiger partial charge in [0.25, 0.3) is 0 Å². The molecular weight excluding hydrogens is 174 g/mol. The number of aromatic nitrogens is 1. The van der Waals surface area contributed by atoms with Crippen molar-refractivity contribution in [1.82, 2.24) is 4.98 Å². The summed E-state index contributed by atoms with van der Waals surface area (Å²) in [5, 5.41) is 0. The van der Waals surface area contributed by atoms with Gasteiger partial charge in [0.1, 0.15) is 0 Å². The molecule has 0 unspecified atom stereocenters. The molecule has 0 saturated carbocycles. The van der Waals surface area contributed by atoms with Gasteiger partial charge < -0.3 is 4.90 Å². The number of pyridine rings is 1. The molecule has 1 aromatic heterocycles. The van der Waals surface area contributed by atoms with E-state index < -0.39 is 6.05 Å². The highest BCUT2D eigenvalue weighted by molar-refractivity contribution is 5.54. The third-order valence-corrected chi connectivity index (χ3v) is 2.33. The summed E-state index contributed by atoms with van der Waals surface area (Å²) >= 11 is 0. The van der Waals surface area contributed by atoms with Gasteiger partial charge in [-0.3, -0.25) is 4.98 Å². The summed E-state index contributed by atoms with van der Waals surface area (Å²) < 4.78 is 25.9. The molecule has 1 aliphatic heterocycles. The van der Waals surface area contributed by atoms with Crippen molar-refractivity contribution >= 4 is 5.69 Å². The van der Waals surface area contributed by atoms with Crippen LogP contribution in [0, 0.1) is 6.92 Å². The molecule has 0 atom stereocenters. The topological polar surface area (TPSA) is 16.1 Å². The molecule has 4 heteroatoms. The Bertz CT molecular complexity index is 325. The van der Waals surface area contributed by atoms with Crippen LogP contribution in [0.15, 0.2) is 18.5 Å². The molecule has 0 aliphatic carbocycles. The van der Waals surface area contributed by atoms with Gasteiger partial charge in [-0.05, 0) is 18.6 Å². The van der Waals surface area contributed by atoms with Gasteiger partial charge in [-0.2, -0.15) is 8.78 Å². The quantitative estimate of drug-likeness (QED) is 0.622. The largest absolute Gasteiger partial charge is 0.327 e. The highest BCUT2D eigenvalue weighted by Crippen LogP contribution is 2.38. The third kappa shape index (κ3) is 1.26. The number of aryl methyl sites for hydroxylation is 1. The molecule has 2 rings (SSSR count). The Morgan fingerprint density at radius 2 is 2.31 bits per heavy atom. The second-order valence-corrected chi connectivity index (χ2v) is 3.23. The second kappa shape index (κ2) is 2.65. The van der Waals surface area contributed by atoms with Gasteiger partial charge in [0.05, 0.1) is 11.9 Å². The van der Waals surface area contributed by atoms with Crippen LogP contribution in [-0.2, 0) is 0 Å². The van der Waals surface area contributed by atoms with Gasteiger partial charge in [-0.1, -0.05) is 0 Å². The van der Waals surface area contributed by atoms with E-state index in [0.29, 0.717) is 12.2 Å². The van der Waals surface area contributed by atoms with E-state index in [0.717, 1.165) is 10.5 Å². The van der Waals surface area contributed by atoms with Crippen molar-refractivity contribution in [3.05, 3.63) is 24.0 Å². The van der Waals surface area contributed by atoms with Crippen LogP contribution in [0.4, 0.5) is 14.5 Å².